The minimum atomic E-state index is 0.114. The molecule has 0 saturated carbocycles. The Balaban J connectivity index is 1.92. The zero-order valence-corrected chi connectivity index (χ0v) is 9.29. The van der Waals surface area contributed by atoms with Crippen molar-refractivity contribution in [2.75, 3.05) is 6.61 Å². The summed E-state index contributed by atoms with van der Waals surface area (Å²) in [7, 11) is 0. The first-order valence-corrected chi connectivity index (χ1v) is 5.63. The first-order valence-electron chi connectivity index (χ1n) is 5.63. The van der Waals surface area contributed by atoms with Gasteiger partial charge in [0.15, 0.2) is 0 Å². The van der Waals surface area contributed by atoms with Gasteiger partial charge in [-0.15, -0.1) is 0 Å². The Morgan fingerprint density at radius 2 is 2.13 bits per heavy atom. The molecule has 0 radical (unpaired) electrons. The smallest absolute Gasteiger partial charge is 0.0984 e. The van der Waals surface area contributed by atoms with Crippen LogP contribution in [0.4, 0.5) is 0 Å². The highest BCUT2D eigenvalue weighted by molar-refractivity contribution is 5.36. The van der Waals surface area contributed by atoms with Gasteiger partial charge in [-0.2, -0.15) is 0 Å². The third kappa shape index (κ3) is 1.48. The molecule has 15 heavy (non-hydrogen) atoms. The molecule has 1 saturated heterocycles. The van der Waals surface area contributed by atoms with Gasteiger partial charge in [0.05, 0.1) is 12.7 Å². The van der Waals surface area contributed by atoms with Gasteiger partial charge in [0.25, 0.3) is 0 Å². The van der Waals surface area contributed by atoms with E-state index in [1.54, 1.807) is 0 Å². The van der Waals surface area contributed by atoms with Crippen LogP contribution in [-0.2, 0) is 11.2 Å². The van der Waals surface area contributed by atoms with Gasteiger partial charge in [-0.3, -0.25) is 0 Å². The largest absolute Gasteiger partial charge is 0.370 e. The summed E-state index contributed by atoms with van der Waals surface area (Å²) in [4.78, 5) is 0. The Bertz CT molecular complexity index is 386. The van der Waals surface area contributed by atoms with Crippen molar-refractivity contribution < 1.29 is 4.74 Å². The van der Waals surface area contributed by atoms with Crippen LogP contribution >= 0.6 is 0 Å². The summed E-state index contributed by atoms with van der Waals surface area (Å²) in [6.07, 6.45) is 1.37. The standard InChI is InChI=1S/C13H17NO/c1-13(2)8-15-12-10-6-4-3-5-9(10)7-11(12)14-13/h3-6,11-12,14H,7-8H2,1-2H3. The quantitative estimate of drug-likeness (QED) is 0.697. The number of hydrogen-bond donors (Lipinski definition) is 1. The molecule has 2 aliphatic rings. The van der Waals surface area contributed by atoms with Crippen LogP contribution in [0, 0.1) is 0 Å². The number of fused-ring (bicyclic) bond motifs is 3. The highest BCUT2D eigenvalue weighted by Gasteiger charge is 2.40. The maximum Gasteiger partial charge on any atom is 0.0984 e. The molecule has 80 valence electrons. The van der Waals surface area contributed by atoms with E-state index in [2.05, 4.69) is 43.4 Å². The summed E-state index contributed by atoms with van der Waals surface area (Å²) in [5, 5.41) is 3.68. The molecule has 0 bridgehead atoms. The van der Waals surface area contributed by atoms with Crippen LogP contribution < -0.4 is 5.32 Å². The van der Waals surface area contributed by atoms with Crippen molar-refractivity contribution in [2.45, 2.75) is 38.0 Å². The second-order valence-corrected chi connectivity index (χ2v) is 5.27. The van der Waals surface area contributed by atoms with Gasteiger partial charge >= 0.3 is 0 Å². The van der Waals surface area contributed by atoms with Crippen LogP contribution in [0.25, 0.3) is 0 Å². The van der Waals surface area contributed by atoms with E-state index >= 15 is 0 Å². The number of morpholine rings is 1. The number of benzene rings is 1. The van der Waals surface area contributed by atoms with Crippen LogP contribution in [0.3, 0.4) is 0 Å². The van der Waals surface area contributed by atoms with Gasteiger partial charge in [0.1, 0.15) is 0 Å². The maximum absolute atomic E-state index is 5.98. The van der Waals surface area contributed by atoms with Crippen molar-refractivity contribution in [1.82, 2.24) is 5.32 Å². The molecule has 1 aromatic carbocycles. The van der Waals surface area contributed by atoms with E-state index in [0.29, 0.717) is 6.04 Å². The summed E-state index contributed by atoms with van der Waals surface area (Å²) in [6.45, 7) is 5.20. The number of hydrogen-bond acceptors (Lipinski definition) is 2. The Morgan fingerprint density at radius 1 is 1.33 bits per heavy atom. The number of nitrogens with one attached hydrogen (secondary N) is 1. The molecular weight excluding hydrogens is 186 g/mol. The molecule has 1 N–H and O–H groups in total. The molecule has 1 aliphatic carbocycles. The van der Waals surface area contributed by atoms with Gasteiger partial charge in [-0.05, 0) is 31.4 Å². The zero-order chi connectivity index (χ0) is 10.5. The van der Waals surface area contributed by atoms with E-state index in [-0.39, 0.29) is 11.6 Å². The van der Waals surface area contributed by atoms with Crippen LogP contribution in [-0.4, -0.2) is 18.2 Å². The predicted molar refractivity (Wildman–Crippen MR) is 59.8 cm³/mol. The molecule has 3 rings (SSSR count). The lowest BCUT2D eigenvalue weighted by atomic mass is 9.99. The third-order valence-corrected chi connectivity index (χ3v) is 3.37. The lowest BCUT2D eigenvalue weighted by Gasteiger charge is -2.39. The first kappa shape index (κ1) is 9.37. The Labute approximate surface area is 90.6 Å². The van der Waals surface area contributed by atoms with E-state index in [9.17, 15) is 0 Å². The average molecular weight is 203 g/mol. The summed E-state index contributed by atoms with van der Waals surface area (Å²) in [5.74, 6) is 0. The molecule has 2 heteroatoms. The van der Waals surface area contributed by atoms with E-state index in [1.807, 2.05) is 0 Å². The van der Waals surface area contributed by atoms with Gasteiger partial charge in [-0.1, -0.05) is 24.3 Å². The minimum absolute atomic E-state index is 0.114. The van der Waals surface area contributed by atoms with Crippen molar-refractivity contribution in [2.24, 2.45) is 0 Å². The van der Waals surface area contributed by atoms with Gasteiger partial charge in [-0.25, -0.2) is 0 Å². The highest BCUT2D eigenvalue weighted by atomic mass is 16.5. The molecule has 0 aromatic heterocycles. The predicted octanol–water partition coefficient (Wildman–Crippen LogP) is 2.05. The zero-order valence-electron chi connectivity index (χ0n) is 9.29. The topological polar surface area (TPSA) is 21.3 Å². The van der Waals surface area contributed by atoms with Crippen molar-refractivity contribution in [3.8, 4) is 0 Å². The monoisotopic (exact) mass is 203 g/mol. The second-order valence-electron chi connectivity index (χ2n) is 5.27. The van der Waals surface area contributed by atoms with E-state index in [1.165, 1.54) is 11.1 Å². The lowest BCUT2D eigenvalue weighted by molar-refractivity contribution is -0.0465. The molecule has 2 unspecified atom stereocenters. The molecular formula is C13H17NO. The van der Waals surface area contributed by atoms with Crippen LogP contribution in [0.15, 0.2) is 24.3 Å². The summed E-state index contributed by atoms with van der Waals surface area (Å²) in [5.41, 5.74) is 2.94. The second kappa shape index (κ2) is 3.06. The van der Waals surface area contributed by atoms with Crippen molar-refractivity contribution in [3.63, 3.8) is 0 Å². The molecule has 1 fully saturated rings. The molecule has 1 heterocycles. The molecule has 1 aliphatic heterocycles. The molecule has 0 spiro atoms. The summed E-state index contributed by atoms with van der Waals surface area (Å²) in [6, 6.07) is 9.09. The van der Waals surface area contributed by atoms with Gasteiger partial charge in [0, 0.05) is 11.6 Å². The molecule has 0 amide bonds. The van der Waals surface area contributed by atoms with Crippen LogP contribution in [0.2, 0.25) is 0 Å². The van der Waals surface area contributed by atoms with Gasteiger partial charge < -0.3 is 10.1 Å². The first-order chi connectivity index (χ1) is 7.16. The third-order valence-electron chi connectivity index (χ3n) is 3.37. The average Bonchev–Trinajstić information content (AvgIpc) is 2.52. The lowest BCUT2D eigenvalue weighted by Crippen LogP contribution is -2.55. The van der Waals surface area contributed by atoms with Crippen molar-refractivity contribution >= 4 is 0 Å². The van der Waals surface area contributed by atoms with Crippen molar-refractivity contribution in [1.29, 1.82) is 0 Å². The normalized spacial score (nSPS) is 32.1. The summed E-state index contributed by atoms with van der Waals surface area (Å²) >= 11 is 0. The van der Waals surface area contributed by atoms with Gasteiger partial charge in [0.2, 0.25) is 0 Å². The summed E-state index contributed by atoms with van der Waals surface area (Å²) < 4.78 is 5.98. The fourth-order valence-corrected chi connectivity index (χ4v) is 2.73. The molecule has 2 atom stereocenters. The van der Waals surface area contributed by atoms with E-state index < -0.39 is 0 Å². The fraction of sp³-hybridized carbons (Fsp3) is 0.538. The highest BCUT2D eigenvalue weighted by Crippen LogP contribution is 2.37. The molecule has 2 nitrogen and oxygen atoms in total. The van der Waals surface area contributed by atoms with Crippen molar-refractivity contribution in [3.05, 3.63) is 35.4 Å². The fourth-order valence-electron chi connectivity index (χ4n) is 2.73. The van der Waals surface area contributed by atoms with E-state index in [0.717, 1.165) is 13.0 Å². The molecule has 1 aromatic rings. The number of ether oxygens (including phenoxy) is 1. The maximum atomic E-state index is 5.98. The Morgan fingerprint density at radius 3 is 3.00 bits per heavy atom. The van der Waals surface area contributed by atoms with E-state index in [4.69, 9.17) is 4.74 Å². The minimum Gasteiger partial charge on any atom is -0.370 e. The van der Waals surface area contributed by atoms with Crippen LogP contribution in [0.1, 0.15) is 31.1 Å². The van der Waals surface area contributed by atoms with Crippen LogP contribution in [0.5, 0.6) is 0 Å². The SMILES string of the molecule is CC1(C)COC2c3ccccc3CC2N1. The Hall–Kier alpha value is -0.860. The number of rotatable bonds is 0. The Kier molecular flexibility index (Phi) is 1.91.